The number of nitrogens with zero attached hydrogens (tertiary/aromatic N) is 6. The minimum absolute atomic E-state index is 0.193. The number of likely N-dealkylation sites (tertiary alicyclic amines) is 1. The number of piperidine rings is 1. The summed E-state index contributed by atoms with van der Waals surface area (Å²) in [5.74, 6) is 0.984. The molecule has 3 rings (SSSR count). The Morgan fingerprint density at radius 2 is 2.00 bits per heavy atom. The van der Waals surface area contributed by atoms with E-state index in [9.17, 15) is 4.79 Å². The minimum atomic E-state index is -0.193. The van der Waals surface area contributed by atoms with Gasteiger partial charge in [0.15, 0.2) is 0 Å². The highest BCUT2D eigenvalue weighted by molar-refractivity contribution is 5.39. The summed E-state index contributed by atoms with van der Waals surface area (Å²) >= 11 is 0. The second-order valence-corrected chi connectivity index (χ2v) is 6.41. The Morgan fingerprint density at radius 3 is 2.71 bits per heavy atom. The number of rotatable bonds is 4. The fraction of sp³-hybridized carbons (Fsp3) is 0.529. The molecule has 1 aliphatic heterocycles. The molecule has 0 aromatic carbocycles. The van der Waals surface area contributed by atoms with Gasteiger partial charge in [-0.25, -0.2) is 19.7 Å². The van der Waals surface area contributed by atoms with Crippen LogP contribution in [0, 0.1) is 6.92 Å². The molecular formula is C17H24N6O. The smallest absolute Gasteiger partial charge is 0.347 e. The standard InChI is InChI=1S/C17H24N6O/c1-13-10-16(20-12-19-13)21(2)14-5-8-23(9-6-14)11-15-4-7-18-17(24)22(15)3/h4,7,10,12,14H,5-6,8-9,11H2,1-3H3. The molecule has 7 nitrogen and oxygen atoms in total. The first-order valence-corrected chi connectivity index (χ1v) is 8.29. The monoisotopic (exact) mass is 328 g/mol. The predicted molar refractivity (Wildman–Crippen MR) is 92.9 cm³/mol. The van der Waals surface area contributed by atoms with Gasteiger partial charge in [0.05, 0.1) is 0 Å². The summed E-state index contributed by atoms with van der Waals surface area (Å²) in [7, 11) is 3.89. The van der Waals surface area contributed by atoms with Crippen LogP contribution in [0.2, 0.25) is 0 Å². The van der Waals surface area contributed by atoms with Gasteiger partial charge in [0.1, 0.15) is 12.1 Å². The molecule has 0 spiro atoms. The summed E-state index contributed by atoms with van der Waals surface area (Å²) in [4.78, 5) is 28.6. The molecule has 0 amide bonds. The van der Waals surface area contributed by atoms with Crippen molar-refractivity contribution in [1.82, 2.24) is 24.4 Å². The molecule has 0 radical (unpaired) electrons. The van der Waals surface area contributed by atoms with E-state index in [1.807, 2.05) is 19.1 Å². The van der Waals surface area contributed by atoms with Gasteiger partial charge in [-0.3, -0.25) is 9.47 Å². The van der Waals surface area contributed by atoms with Crippen molar-refractivity contribution in [3.63, 3.8) is 0 Å². The number of hydrogen-bond acceptors (Lipinski definition) is 6. The van der Waals surface area contributed by atoms with Crippen LogP contribution in [0.25, 0.3) is 0 Å². The summed E-state index contributed by atoms with van der Waals surface area (Å²) in [6, 6.07) is 4.43. The van der Waals surface area contributed by atoms with Crippen molar-refractivity contribution in [2.45, 2.75) is 32.4 Å². The highest BCUT2D eigenvalue weighted by Crippen LogP contribution is 2.21. The molecule has 0 saturated carbocycles. The van der Waals surface area contributed by atoms with E-state index in [-0.39, 0.29) is 5.69 Å². The number of hydrogen-bond donors (Lipinski definition) is 0. The first-order chi connectivity index (χ1) is 11.5. The zero-order valence-corrected chi connectivity index (χ0v) is 14.5. The molecule has 2 aromatic rings. The molecule has 0 atom stereocenters. The third-order valence-corrected chi connectivity index (χ3v) is 4.81. The molecule has 1 fully saturated rings. The maximum absolute atomic E-state index is 11.6. The zero-order valence-electron chi connectivity index (χ0n) is 14.5. The van der Waals surface area contributed by atoms with Crippen molar-refractivity contribution in [3.05, 3.63) is 46.5 Å². The zero-order chi connectivity index (χ0) is 17.1. The van der Waals surface area contributed by atoms with Gasteiger partial charge in [0, 0.05) is 63.4 Å². The highest BCUT2D eigenvalue weighted by Gasteiger charge is 2.23. The average Bonchev–Trinajstić information content (AvgIpc) is 2.59. The third kappa shape index (κ3) is 3.62. The Balaban J connectivity index is 1.59. The molecule has 0 unspecified atom stereocenters. The van der Waals surface area contributed by atoms with Crippen LogP contribution >= 0.6 is 0 Å². The van der Waals surface area contributed by atoms with Gasteiger partial charge in [-0.05, 0) is 25.8 Å². The summed E-state index contributed by atoms with van der Waals surface area (Å²) in [5.41, 5.74) is 1.80. The lowest BCUT2D eigenvalue weighted by Gasteiger charge is -2.37. The van der Waals surface area contributed by atoms with Crippen LogP contribution in [0.4, 0.5) is 5.82 Å². The second kappa shape index (κ2) is 7.09. The molecule has 0 N–H and O–H groups in total. The van der Waals surface area contributed by atoms with E-state index in [1.165, 1.54) is 0 Å². The predicted octanol–water partition coefficient (Wildman–Crippen LogP) is 0.980. The van der Waals surface area contributed by atoms with Crippen LogP contribution in [-0.2, 0) is 13.6 Å². The van der Waals surface area contributed by atoms with Crippen molar-refractivity contribution >= 4 is 5.82 Å². The number of anilines is 1. The van der Waals surface area contributed by atoms with Gasteiger partial charge in [0.25, 0.3) is 0 Å². The quantitative estimate of drug-likeness (QED) is 0.833. The molecule has 24 heavy (non-hydrogen) atoms. The third-order valence-electron chi connectivity index (χ3n) is 4.81. The van der Waals surface area contributed by atoms with E-state index >= 15 is 0 Å². The van der Waals surface area contributed by atoms with Gasteiger partial charge >= 0.3 is 5.69 Å². The minimum Gasteiger partial charge on any atom is -0.356 e. The van der Waals surface area contributed by atoms with Crippen LogP contribution in [0.5, 0.6) is 0 Å². The topological polar surface area (TPSA) is 67.2 Å². The van der Waals surface area contributed by atoms with Crippen molar-refractivity contribution in [1.29, 1.82) is 0 Å². The maximum atomic E-state index is 11.6. The molecule has 0 bridgehead atoms. The molecule has 7 heteroatoms. The Hall–Kier alpha value is -2.28. The Bertz CT molecular complexity index is 751. The van der Waals surface area contributed by atoms with E-state index in [2.05, 4.69) is 31.8 Å². The number of aromatic nitrogens is 4. The SMILES string of the molecule is Cc1cc(N(C)C2CCN(Cc3ccnc(=O)n3C)CC2)ncn1. The first-order valence-electron chi connectivity index (χ1n) is 8.29. The molecule has 1 saturated heterocycles. The van der Waals surface area contributed by atoms with E-state index in [4.69, 9.17) is 0 Å². The number of aryl methyl sites for hydroxylation is 1. The molecule has 3 heterocycles. The fourth-order valence-electron chi connectivity index (χ4n) is 3.18. The van der Waals surface area contributed by atoms with Gasteiger partial charge < -0.3 is 4.90 Å². The van der Waals surface area contributed by atoms with Gasteiger partial charge in [-0.15, -0.1) is 0 Å². The summed E-state index contributed by atoms with van der Waals surface area (Å²) in [5, 5.41) is 0. The van der Waals surface area contributed by atoms with Crippen molar-refractivity contribution in [2.75, 3.05) is 25.0 Å². The normalized spacial score (nSPS) is 16.3. The molecule has 1 aliphatic rings. The largest absolute Gasteiger partial charge is 0.356 e. The van der Waals surface area contributed by atoms with E-state index < -0.39 is 0 Å². The van der Waals surface area contributed by atoms with Crippen LogP contribution in [0.1, 0.15) is 24.2 Å². The summed E-state index contributed by atoms with van der Waals surface area (Å²) in [6.45, 7) is 4.79. The molecule has 0 aliphatic carbocycles. The average molecular weight is 328 g/mol. The van der Waals surface area contributed by atoms with Gasteiger partial charge in [-0.2, -0.15) is 0 Å². The van der Waals surface area contributed by atoms with Crippen LogP contribution in [-0.4, -0.2) is 50.6 Å². The van der Waals surface area contributed by atoms with Crippen molar-refractivity contribution in [3.8, 4) is 0 Å². The summed E-state index contributed by atoms with van der Waals surface area (Å²) < 4.78 is 1.63. The molecular weight excluding hydrogens is 304 g/mol. The Labute approximate surface area is 142 Å². The lowest BCUT2D eigenvalue weighted by molar-refractivity contribution is 0.198. The lowest BCUT2D eigenvalue weighted by Crippen LogP contribution is -2.44. The highest BCUT2D eigenvalue weighted by atomic mass is 16.1. The first kappa shape index (κ1) is 16.6. The maximum Gasteiger partial charge on any atom is 0.347 e. The van der Waals surface area contributed by atoms with Gasteiger partial charge in [-0.1, -0.05) is 0 Å². The Morgan fingerprint density at radius 1 is 1.25 bits per heavy atom. The Kier molecular flexibility index (Phi) is 4.89. The van der Waals surface area contributed by atoms with Crippen LogP contribution in [0.15, 0.2) is 29.5 Å². The van der Waals surface area contributed by atoms with E-state index in [1.54, 1.807) is 24.1 Å². The molecule has 128 valence electrons. The van der Waals surface area contributed by atoms with Crippen molar-refractivity contribution in [2.24, 2.45) is 7.05 Å². The fourth-order valence-corrected chi connectivity index (χ4v) is 3.18. The van der Waals surface area contributed by atoms with Gasteiger partial charge in [0.2, 0.25) is 0 Å². The van der Waals surface area contributed by atoms with Crippen LogP contribution < -0.4 is 10.6 Å². The summed E-state index contributed by atoms with van der Waals surface area (Å²) in [6.07, 6.45) is 5.38. The molecule has 2 aromatic heterocycles. The van der Waals surface area contributed by atoms with E-state index in [0.717, 1.165) is 49.7 Å². The second-order valence-electron chi connectivity index (χ2n) is 6.41. The van der Waals surface area contributed by atoms with E-state index in [0.29, 0.717) is 6.04 Å². The lowest BCUT2D eigenvalue weighted by atomic mass is 10.0. The van der Waals surface area contributed by atoms with Crippen molar-refractivity contribution < 1.29 is 0 Å². The van der Waals surface area contributed by atoms with Crippen LogP contribution in [0.3, 0.4) is 0 Å².